The van der Waals surface area contributed by atoms with Crippen LogP contribution in [0.15, 0.2) is 35.7 Å². The summed E-state index contributed by atoms with van der Waals surface area (Å²) in [5.74, 6) is 0.942. The first-order chi connectivity index (χ1) is 9.59. The minimum Gasteiger partial charge on any atom is -0.319 e. The zero-order valence-corrected chi connectivity index (χ0v) is 13.4. The Morgan fingerprint density at radius 3 is 2.65 bits per heavy atom. The highest BCUT2D eigenvalue weighted by Crippen LogP contribution is 2.33. The molecule has 0 saturated carbocycles. The highest BCUT2D eigenvalue weighted by atomic mass is 35.5. The highest BCUT2D eigenvalue weighted by molar-refractivity contribution is 7.10. The molecule has 0 aliphatic carbocycles. The van der Waals surface area contributed by atoms with Crippen molar-refractivity contribution >= 4 is 34.0 Å². The van der Waals surface area contributed by atoms with Crippen LogP contribution >= 0.6 is 22.9 Å². The maximum Gasteiger partial charge on any atom is 0.128 e. The van der Waals surface area contributed by atoms with E-state index in [1.54, 1.807) is 11.3 Å². The maximum atomic E-state index is 6.36. The second kappa shape index (κ2) is 5.23. The van der Waals surface area contributed by atoms with Gasteiger partial charge in [-0.2, -0.15) is 0 Å². The summed E-state index contributed by atoms with van der Waals surface area (Å²) < 4.78 is 2.27. The molecule has 3 rings (SSSR count). The van der Waals surface area contributed by atoms with Gasteiger partial charge in [-0.05, 0) is 43.8 Å². The molecule has 0 saturated heterocycles. The number of para-hydroxylation sites is 1. The van der Waals surface area contributed by atoms with Crippen molar-refractivity contribution in [3.8, 4) is 0 Å². The van der Waals surface area contributed by atoms with Crippen LogP contribution in [0.2, 0.25) is 0 Å². The van der Waals surface area contributed by atoms with E-state index < -0.39 is 0 Å². The lowest BCUT2D eigenvalue weighted by Gasteiger charge is -2.17. The van der Waals surface area contributed by atoms with Crippen LogP contribution in [-0.4, -0.2) is 9.55 Å². The molecule has 2 atom stereocenters. The second-order valence-corrected chi connectivity index (χ2v) is 6.72. The number of imidazole rings is 1. The van der Waals surface area contributed by atoms with Gasteiger partial charge in [-0.1, -0.05) is 18.2 Å². The van der Waals surface area contributed by atoms with E-state index >= 15 is 0 Å². The third-order valence-corrected chi connectivity index (χ3v) is 4.88. The van der Waals surface area contributed by atoms with Gasteiger partial charge in [0.15, 0.2) is 0 Å². The van der Waals surface area contributed by atoms with E-state index in [4.69, 9.17) is 16.6 Å². The fourth-order valence-electron chi connectivity index (χ4n) is 2.62. The average molecular weight is 305 g/mol. The Kier molecular flexibility index (Phi) is 3.57. The first kappa shape index (κ1) is 13.7. The van der Waals surface area contributed by atoms with E-state index in [-0.39, 0.29) is 11.4 Å². The van der Waals surface area contributed by atoms with Crippen molar-refractivity contribution in [2.45, 2.75) is 32.2 Å². The number of nitrogens with zero attached hydrogens (tertiary/aromatic N) is 2. The minimum absolute atomic E-state index is 0.107. The van der Waals surface area contributed by atoms with Gasteiger partial charge in [0, 0.05) is 4.88 Å². The largest absolute Gasteiger partial charge is 0.319 e. The van der Waals surface area contributed by atoms with Gasteiger partial charge in [-0.15, -0.1) is 22.9 Å². The topological polar surface area (TPSA) is 17.8 Å². The Labute approximate surface area is 128 Å². The Hall–Kier alpha value is -1.32. The van der Waals surface area contributed by atoms with E-state index in [0.29, 0.717) is 0 Å². The summed E-state index contributed by atoms with van der Waals surface area (Å²) in [6.45, 7) is 6.28. The molecule has 2 aromatic heterocycles. The molecule has 0 amide bonds. The fraction of sp³-hybridized carbons (Fsp3) is 0.312. The third-order valence-electron chi connectivity index (χ3n) is 3.65. The molecule has 0 fully saturated rings. The third kappa shape index (κ3) is 2.15. The monoisotopic (exact) mass is 304 g/mol. The number of benzene rings is 1. The maximum absolute atomic E-state index is 6.36. The number of fused-ring (bicyclic) bond motifs is 1. The van der Waals surface area contributed by atoms with Gasteiger partial charge in [0.2, 0.25) is 0 Å². The van der Waals surface area contributed by atoms with Crippen LogP contribution < -0.4 is 0 Å². The number of rotatable bonds is 3. The van der Waals surface area contributed by atoms with Crippen molar-refractivity contribution in [3.05, 3.63) is 52.0 Å². The van der Waals surface area contributed by atoms with Gasteiger partial charge in [-0.25, -0.2) is 4.98 Å². The average Bonchev–Trinajstić information content (AvgIpc) is 3.06. The summed E-state index contributed by atoms with van der Waals surface area (Å²) in [5, 5.41) is 2.00. The summed E-state index contributed by atoms with van der Waals surface area (Å²) >= 11 is 8.13. The summed E-state index contributed by atoms with van der Waals surface area (Å²) in [6, 6.07) is 10.8. The van der Waals surface area contributed by atoms with E-state index in [1.807, 2.05) is 6.92 Å². The molecular formula is C16H17ClN2S. The second-order valence-electron chi connectivity index (χ2n) is 5.09. The number of thiophene rings is 1. The smallest absolute Gasteiger partial charge is 0.128 e. The van der Waals surface area contributed by atoms with Crippen molar-refractivity contribution in [1.29, 1.82) is 0 Å². The van der Waals surface area contributed by atoms with Crippen LogP contribution in [0.4, 0.5) is 0 Å². The van der Waals surface area contributed by atoms with Crippen molar-refractivity contribution < 1.29 is 0 Å². The van der Waals surface area contributed by atoms with E-state index in [1.165, 1.54) is 10.4 Å². The van der Waals surface area contributed by atoms with E-state index in [2.05, 4.69) is 54.1 Å². The van der Waals surface area contributed by atoms with Crippen LogP contribution in [-0.2, 0) is 0 Å². The molecule has 4 heteroatoms. The molecule has 0 radical (unpaired) electrons. The zero-order valence-electron chi connectivity index (χ0n) is 11.8. The van der Waals surface area contributed by atoms with Crippen molar-refractivity contribution in [1.82, 2.24) is 9.55 Å². The zero-order chi connectivity index (χ0) is 14.3. The quantitative estimate of drug-likeness (QED) is 0.599. The number of hydrogen-bond donors (Lipinski definition) is 0. The molecule has 2 nitrogen and oxygen atoms in total. The van der Waals surface area contributed by atoms with Gasteiger partial charge < -0.3 is 4.57 Å². The lowest BCUT2D eigenvalue weighted by atomic mass is 10.2. The predicted molar refractivity (Wildman–Crippen MR) is 86.9 cm³/mol. The number of alkyl halides is 1. The van der Waals surface area contributed by atoms with Crippen LogP contribution in [0, 0.1) is 6.92 Å². The van der Waals surface area contributed by atoms with Crippen molar-refractivity contribution in [3.63, 3.8) is 0 Å². The van der Waals surface area contributed by atoms with Crippen molar-refractivity contribution in [2.75, 3.05) is 0 Å². The highest BCUT2D eigenvalue weighted by Gasteiger charge is 2.21. The lowest BCUT2D eigenvalue weighted by molar-refractivity contribution is 0.628. The summed E-state index contributed by atoms with van der Waals surface area (Å²) in [7, 11) is 0. The van der Waals surface area contributed by atoms with Crippen LogP contribution in [0.1, 0.15) is 41.5 Å². The Balaban J connectivity index is 2.27. The molecule has 0 aliphatic heterocycles. The fourth-order valence-corrected chi connectivity index (χ4v) is 3.55. The number of aryl methyl sites for hydroxylation is 1. The molecule has 2 unspecified atom stereocenters. The van der Waals surface area contributed by atoms with Gasteiger partial charge in [0.25, 0.3) is 0 Å². The first-order valence-electron chi connectivity index (χ1n) is 6.74. The van der Waals surface area contributed by atoms with Gasteiger partial charge in [0.1, 0.15) is 5.82 Å². The first-order valence-corrected chi connectivity index (χ1v) is 8.06. The Bertz CT molecular complexity index is 728. The SMILES string of the molecule is Cc1cccc2c1nc(C(C)Cl)n2C(C)c1cccs1. The normalized spacial score (nSPS) is 14.6. The summed E-state index contributed by atoms with van der Waals surface area (Å²) in [5.41, 5.74) is 3.41. The Morgan fingerprint density at radius 1 is 1.20 bits per heavy atom. The molecule has 0 N–H and O–H groups in total. The molecule has 3 aromatic rings. The number of halogens is 1. The summed E-state index contributed by atoms with van der Waals surface area (Å²) in [4.78, 5) is 6.10. The van der Waals surface area contributed by atoms with Crippen LogP contribution in [0.25, 0.3) is 11.0 Å². The molecule has 1 aromatic carbocycles. The lowest BCUT2D eigenvalue weighted by Crippen LogP contribution is -2.10. The minimum atomic E-state index is -0.107. The molecule has 20 heavy (non-hydrogen) atoms. The van der Waals surface area contributed by atoms with E-state index in [9.17, 15) is 0 Å². The van der Waals surface area contributed by atoms with Crippen LogP contribution in [0.3, 0.4) is 0 Å². The van der Waals surface area contributed by atoms with Crippen LogP contribution in [0.5, 0.6) is 0 Å². The van der Waals surface area contributed by atoms with Gasteiger partial charge in [-0.3, -0.25) is 0 Å². The molecular weight excluding hydrogens is 288 g/mol. The molecule has 2 heterocycles. The van der Waals surface area contributed by atoms with E-state index in [0.717, 1.165) is 16.9 Å². The Morgan fingerprint density at radius 2 is 2.00 bits per heavy atom. The molecule has 0 aliphatic rings. The molecule has 0 spiro atoms. The van der Waals surface area contributed by atoms with Crippen molar-refractivity contribution in [2.24, 2.45) is 0 Å². The predicted octanol–water partition coefficient (Wildman–Crippen LogP) is 5.32. The molecule has 104 valence electrons. The number of aromatic nitrogens is 2. The molecule has 0 bridgehead atoms. The van der Waals surface area contributed by atoms with Gasteiger partial charge >= 0.3 is 0 Å². The summed E-state index contributed by atoms with van der Waals surface area (Å²) in [6.07, 6.45) is 0. The van der Waals surface area contributed by atoms with Gasteiger partial charge in [0.05, 0.1) is 22.5 Å². The standard InChI is InChI=1S/C16H17ClN2S/c1-10-6-4-7-13-15(10)18-16(11(2)17)19(13)12(3)14-8-5-9-20-14/h4-9,11-12H,1-3H3. The number of hydrogen-bond acceptors (Lipinski definition) is 2.